The van der Waals surface area contributed by atoms with E-state index in [-0.39, 0.29) is 11.8 Å². The summed E-state index contributed by atoms with van der Waals surface area (Å²) in [6, 6.07) is 0. The van der Waals surface area contributed by atoms with Crippen molar-refractivity contribution in [2.24, 2.45) is 11.8 Å². The Morgan fingerprint density at radius 3 is 2.92 bits per heavy atom. The van der Waals surface area contributed by atoms with Crippen molar-refractivity contribution in [2.45, 2.75) is 6.92 Å². The fourth-order valence-electron chi connectivity index (χ4n) is 1.93. The third kappa shape index (κ3) is 2.31. The number of carbonyl (C=O) groups is 1. The quantitative estimate of drug-likeness (QED) is 0.644. The molecule has 1 saturated heterocycles. The van der Waals surface area contributed by atoms with Gasteiger partial charge >= 0.3 is 0 Å². The van der Waals surface area contributed by atoms with Crippen LogP contribution in [0.5, 0.6) is 0 Å². The van der Waals surface area contributed by atoms with Gasteiger partial charge in [0.2, 0.25) is 5.91 Å². The molecule has 1 aliphatic heterocycles. The van der Waals surface area contributed by atoms with Gasteiger partial charge in [0.15, 0.2) is 0 Å². The molecule has 1 rings (SSSR count). The highest BCUT2D eigenvalue weighted by Crippen LogP contribution is 2.22. The highest BCUT2D eigenvalue weighted by molar-refractivity contribution is 5.79. The maximum atomic E-state index is 11.4. The van der Waals surface area contributed by atoms with Crippen LogP contribution in [-0.4, -0.2) is 37.5 Å². The number of rotatable bonds is 3. The van der Waals surface area contributed by atoms with Gasteiger partial charge in [-0.1, -0.05) is 13.0 Å². The van der Waals surface area contributed by atoms with Crippen LogP contribution in [-0.2, 0) is 4.79 Å². The van der Waals surface area contributed by atoms with Crippen molar-refractivity contribution in [2.75, 3.05) is 26.7 Å². The smallest absolute Gasteiger partial charge is 0.224 e. The fourth-order valence-corrected chi connectivity index (χ4v) is 1.93. The Labute approximate surface area is 79.8 Å². The molecule has 74 valence electrons. The van der Waals surface area contributed by atoms with E-state index in [1.807, 2.05) is 6.08 Å². The molecule has 3 nitrogen and oxygen atoms in total. The van der Waals surface area contributed by atoms with Crippen LogP contribution in [0, 0.1) is 11.8 Å². The van der Waals surface area contributed by atoms with Gasteiger partial charge in [-0.25, -0.2) is 0 Å². The zero-order chi connectivity index (χ0) is 9.84. The minimum atomic E-state index is 0.157. The van der Waals surface area contributed by atoms with Gasteiger partial charge in [-0.2, -0.15) is 0 Å². The van der Waals surface area contributed by atoms with E-state index in [2.05, 4.69) is 23.7 Å². The van der Waals surface area contributed by atoms with Crippen molar-refractivity contribution in [3.8, 4) is 0 Å². The molecule has 1 N–H and O–H groups in total. The predicted molar refractivity (Wildman–Crippen MR) is 53.4 cm³/mol. The Bertz CT molecular complexity index is 203. The molecule has 13 heavy (non-hydrogen) atoms. The van der Waals surface area contributed by atoms with Crippen molar-refractivity contribution >= 4 is 5.91 Å². The van der Waals surface area contributed by atoms with Crippen molar-refractivity contribution in [1.82, 2.24) is 10.2 Å². The summed E-state index contributed by atoms with van der Waals surface area (Å²) in [6.07, 6.45) is 1.89. The summed E-state index contributed by atoms with van der Waals surface area (Å²) in [5.41, 5.74) is 0. The molecule has 0 spiro atoms. The lowest BCUT2D eigenvalue weighted by molar-refractivity contribution is -0.125. The molecule has 1 heterocycles. The van der Waals surface area contributed by atoms with E-state index in [1.165, 1.54) is 0 Å². The van der Waals surface area contributed by atoms with Crippen LogP contribution in [0.15, 0.2) is 12.7 Å². The van der Waals surface area contributed by atoms with Crippen LogP contribution < -0.4 is 5.32 Å². The molecule has 0 aromatic carbocycles. The van der Waals surface area contributed by atoms with Crippen molar-refractivity contribution < 1.29 is 4.79 Å². The third-order valence-corrected chi connectivity index (χ3v) is 2.66. The number of carbonyl (C=O) groups excluding carboxylic acids is 1. The van der Waals surface area contributed by atoms with Gasteiger partial charge < -0.3 is 5.32 Å². The highest BCUT2D eigenvalue weighted by atomic mass is 16.1. The van der Waals surface area contributed by atoms with Crippen LogP contribution in [0.4, 0.5) is 0 Å². The largest absolute Gasteiger partial charge is 0.359 e. The molecular weight excluding hydrogens is 164 g/mol. The van der Waals surface area contributed by atoms with Crippen LogP contribution >= 0.6 is 0 Å². The minimum absolute atomic E-state index is 0.157. The summed E-state index contributed by atoms with van der Waals surface area (Å²) < 4.78 is 0. The second-order valence-electron chi connectivity index (χ2n) is 3.71. The van der Waals surface area contributed by atoms with Crippen molar-refractivity contribution in [1.29, 1.82) is 0 Å². The topological polar surface area (TPSA) is 32.3 Å². The third-order valence-electron chi connectivity index (χ3n) is 2.66. The molecule has 0 radical (unpaired) electrons. The lowest BCUT2D eigenvalue weighted by Crippen LogP contribution is -2.32. The Morgan fingerprint density at radius 2 is 2.38 bits per heavy atom. The Balaban J connectivity index is 2.50. The Hall–Kier alpha value is -0.830. The predicted octanol–water partition coefficient (Wildman–Crippen LogP) is 0.486. The Kier molecular flexibility index (Phi) is 3.48. The fraction of sp³-hybridized carbons (Fsp3) is 0.700. The summed E-state index contributed by atoms with van der Waals surface area (Å²) in [5.74, 6) is 0.781. The van der Waals surface area contributed by atoms with E-state index in [0.29, 0.717) is 5.92 Å². The maximum Gasteiger partial charge on any atom is 0.224 e. The van der Waals surface area contributed by atoms with Crippen LogP contribution in [0.25, 0.3) is 0 Å². The van der Waals surface area contributed by atoms with E-state index < -0.39 is 0 Å². The molecule has 1 fully saturated rings. The number of nitrogens with one attached hydrogen (secondary N) is 1. The first-order valence-electron chi connectivity index (χ1n) is 4.74. The molecule has 0 unspecified atom stereocenters. The number of likely N-dealkylation sites (tertiary alicyclic amines) is 1. The first-order valence-corrected chi connectivity index (χ1v) is 4.74. The van der Waals surface area contributed by atoms with Gasteiger partial charge in [0.25, 0.3) is 0 Å². The molecule has 0 saturated carbocycles. The van der Waals surface area contributed by atoms with Gasteiger partial charge in [0, 0.05) is 26.7 Å². The molecule has 0 aromatic heterocycles. The lowest BCUT2D eigenvalue weighted by atomic mass is 9.98. The minimum Gasteiger partial charge on any atom is -0.359 e. The van der Waals surface area contributed by atoms with Gasteiger partial charge in [-0.3, -0.25) is 9.69 Å². The summed E-state index contributed by atoms with van der Waals surface area (Å²) in [7, 11) is 1.70. The van der Waals surface area contributed by atoms with E-state index >= 15 is 0 Å². The molecule has 2 atom stereocenters. The summed E-state index contributed by atoms with van der Waals surface area (Å²) in [6.45, 7) is 8.58. The van der Waals surface area contributed by atoms with Crippen LogP contribution in [0.3, 0.4) is 0 Å². The van der Waals surface area contributed by atoms with Gasteiger partial charge in [-0.05, 0) is 5.92 Å². The SMILES string of the molecule is C=CCN1C[C@@H](C)[C@H](C(=O)NC)C1. The molecule has 1 amide bonds. The van der Waals surface area contributed by atoms with Gasteiger partial charge in [-0.15, -0.1) is 6.58 Å². The van der Waals surface area contributed by atoms with Crippen LogP contribution in [0.2, 0.25) is 0 Å². The molecule has 0 aromatic rings. The summed E-state index contributed by atoms with van der Waals surface area (Å²) in [5, 5.41) is 2.71. The number of amides is 1. The molecule has 3 heteroatoms. The standard InChI is InChI=1S/C10H18N2O/c1-4-5-12-6-8(2)9(7-12)10(13)11-3/h4,8-9H,1,5-7H2,2-3H3,(H,11,13)/t8-,9-/m1/s1. The van der Waals surface area contributed by atoms with Crippen molar-refractivity contribution in [3.63, 3.8) is 0 Å². The molecule has 0 bridgehead atoms. The van der Waals surface area contributed by atoms with E-state index in [1.54, 1.807) is 7.05 Å². The van der Waals surface area contributed by atoms with E-state index in [4.69, 9.17) is 0 Å². The normalized spacial score (nSPS) is 28.8. The molecule has 1 aliphatic rings. The zero-order valence-electron chi connectivity index (χ0n) is 8.42. The number of hydrogen-bond donors (Lipinski definition) is 1. The average Bonchev–Trinajstić information content (AvgIpc) is 2.46. The first-order chi connectivity index (χ1) is 6.19. The van der Waals surface area contributed by atoms with Gasteiger partial charge in [0.1, 0.15) is 0 Å². The van der Waals surface area contributed by atoms with Crippen LogP contribution in [0.1, 0.15) is 6.92 Å². The summed E-state index contributed by atoms with van der Waals surface area (Å²) >= 11 is 0. The number of nitrogens with zero attached hydrogens (tertiary/aromatic N) is 1. The first kappa shape index (κ1) is 10.3. The second kappa shape index (κ2) is 4.42. The number of hydrogen-bond acceptors (Lipinski definition) is 2. The second-order valence-corrected chi connectivity index (χ2v) is 3.71. The lowest BCUT2D eigenvalue weighted by Gasteiger charge is -2.12. The highest BCUT2D eigenvalue weighted by Gasteiger charge is 2.33. The van der Waals surface area contributed by atoms with Gasteiger partial charge in [0.05, 0.1) is 5.92 Å². The maximum absolute atomic E-state index is 11.4. The summed E-state index contributed by atoms with van der Waals surface area (Å²) in [4.78, 5) is 13.7. The molecule has 0 aliphatic carbocycles. The average molecular weight is 182 g/mol. The monoisotopic (exact) mass is 182 g/mol. The van der Waals surface area contributed by atoms with E-state index in [9.17, 15) is 4.79 Å². The Morgan fingerprint density at radius 1 is 1.69 bits per heavy atom. The van der Waals surface area contributed by atoms with E-state index in [0.717, 1.165) is 19.6 Å². The molecular formula is C10H18N2O. The zero-order valence-corrected chi connectivity index (χ0v) is 8.42. The van der Waals surface area contributed by atoms with Crippen molar-refractivity contribution in [3.05, 3.63) is 12.7 Å².